The van der Waals surface area contributed by atoms with Crippen molar-refractivity contribution in [1.82, 2.24) is 4.90 Å². The van der Waals surface area contributed by atoms with Gasteiger partial charge >= 0.3 is 27.7 Å². The third-order valence-corrected chi connectivity index (χ3v) is 5.26. The van der Waals surface area contributed by atoms with Crippen molar-refractivity contribution >= 4 is 18.8 Å². The average Bonchev–Trinajstić information content (AvgIpc) is 2.16. The third kappa shape index (κ3) is 6.49. The average molecular weight is 385 g/mol. The second-order valence-electron chi connectivity index (χ2n) is 7.03. The van der Waals surface area contributed by atoms with Gasteiger partial charge in [-0.15, -0.1) is 9.24 Å². The molecule has 0 bridgehead atoms. The molecule has 0 heterocycles. The summed E-state index contributed by atoms with van der Waals surface area (Å²) in [7, 11) is 11.8. The Balaban J connectivity index is 0. The minimum atomic E-state index is 0.121. The zero-order valence-electron chi connectivity index (χ0n) is 13.1. The first-order valence-electron chi connectivity index (χ1n) is 6.15. The summed E-state index contributed by atoms with van der Waals surface area (Å²) in [6.07, 6.45) is 4.65. The van der Waals surface area contributed by atoms with Gasteiger partial charge in [0, 0.05) is 11.7 Å². The van der Waals surface area contributed by atoms with Crippen LogP contribution in [0.4, 0.5) is 0 Å². The number of hydrogen-bond acceptors (Lipinski definition) is 1. The predicted molar refractivity (Wildman–Crippen MR) is 84.9 cm³/mol. The summed E-state index contributed by atoms with van der Waals surface area (Å²) in [5.41, 5.74) is 0.470. The molecule has 0 amide bonds. The Labute approximate surface area is 132 Å². The van der Waals surface area contributed by atoms with Crippen LogP contribution >= 0.6 is 18.8 Å². The molecule has 0 aliphatic heterocycles. The molecular weight excluding hydrogens is 355 g/mol. The fourth-order valence-corrected chi connectivity index (χ4v) is 2.21. The Hall–Kier alpha value is 1.08. The standard InChI is InChI=1S/C14H30NP.ClH.Pd/c1-12(2,3)14(16,13(4,5)6)10-9-11-15(7)8;;/h9-10H,11,16H2,1-8H3;1H;/q;;+1/p-1/b10-9+;;. The maximum atomic E-state index is 4.49. The zero-order chi connectivity index (χ0) is 15.2. The van der Waals surface area contributed by atoms with Crippen LogP contribution in [-0.2, 0) is 18.2 Å². The van der Waals surface area contributed by atoms with Crippen LogP contribution in [0.15, 0.2) is 12.2 Å². The van der Waals surface area contributed by atoms with Crippen LogP contribution in [0.2, 0.25) is 0 Å². The number of likely N-dealkylation sites (N-methyl/N-ethyl adjacent to an activating group) is 1. The second-order valence-corrected chi connectivity index (χ2v) is 7.94. The normalized spacial score (nSPS) is 13.8. The summed E-state index contributed by atoms with van der Waals surface area (Å²) in [5, 5.41) is 0.121. The Morgan fingerprint density at radius 1 is 1.00 bits per heavy atom. The van der Waals surface area contributed by atoms with Crippen molar-refractivity contribution in [2.24, 2.45) is 10.8 Å². The molecule has 18 heavy (non-hydrogen) atoms. The summed E-state index contributed by atoms with van der Waals surface area (Å²) in [4.78, 5) is 2.19. The number of halogens is 1. The fraction of sp³-hybridized carbons (Fsp3) is 0.857. The van der Waals surface area contributed by atoms with Gasteiger partial charge in [-0.05, 0) is 24.9 Å². The maximum absolute atomic E-state index is 4.49. The van der Waals surface area contributed by atoms with Gasteiger partial charge in [-0.2, -0.15) is 0 Å². The molecule has 0 aliphatic rings. The predicted octanol–water partition coefficient (Wildman–Crippen LogP) is 4.50. The van der Waals surface area contributed by atoms with Crippen molar-refractivity contribution < 1.29 is 18.2 Å². The van der Waals surface area contributed by atoms with E-state index in [-0.39, 0.29) is 16.0 Å². The van der Waals surface area contributed by atoms with Gasteiger partial charge in [-0.3, -0.25) is 0 Å². The summed E-state index contributed by atoms with van der Waals surface area (Å²) >= 11 is 2.22. The Morgan fingerprint density at radius 3 is 1.56 bits per heavy atom. The van der Waals surface area contributed by atoms with E-state index in [0.29, 0.717) is 0 Å². The van der Waals surface area contributed by atoms with Gasteiger partial charge in [0.2, 0.25) is 0 Å². The van der Waals surface area contributed by atoms with Crippen molar-refractivity contribution in [3.05, 3.63) is 12.2 Å². The molecule has 1 atom stereocenters. The molecule has 0 aromatic rings. The van der Waals surface area contributed by atoms with E-state index in [1.807, 2.05) is 0 Å². The first-order valence-corrected chi connectivity index (χ1v) is 8.73. The molecule has 0 spiro atoms. The topological polar surface area (TPSA) is 3.24 Å². The quantitative estimate of drug-likeness (QED) is 0.393. The van der Waals surface area contributed by atoms with E-state index >= 15 is 0 Å². The first-order chi connectivity index (χ1) is 7.92. The Bertz CT molecular complexity index is 238. The van der Waals surface area contributed by atoms with Crippen molar-refractivity contribution in [2.75, 3.05) is 20.6 Å². The van der Waals surface area contributed by atoms with E-state index in [4.69, 9.17) is 0 Å². The van der Waals surface area contributed by atoms with Crippen LogP contribution in [0.3, 0.4) is 0 Å². The van der Waals surface area contributed by atoms with Crippen molar-refractivity contribution in [3.8, 4) is 0 Å². The number of allylic oxidation sites excluding steroid dienone is 1. The molecule has 4 heteroatoms. The van der Waals surface area contributed by atoms with Gasteiger partial charge in [0.05, 0.1) is 0 Å². The molecule has 0 saturated heterocycles. The van der Waals surface area contributed by atoms with E-state index in [1.165, 1.54) is 0 Å². The van der Waals surface area contributed by atoms with Crippen LogP contribution in [0, 0.1) is 10.8 Å². The Kier molecular flexibility index (Phi) is 9.96. The molecule has 1 unspecified atom stereocenters. The zero-order valence-corrected chi connectivity index (χ0v) is 16.5. The SMILES string of the molecule is CN(C)C/C=C/C(P)(C(C)(C)C)C(C)(C)C.[Cl][Pd]. The molecule has 0 saturated carbocycles. The van der Waals surface area contributed by atoms with Crippen molar-refractivity contribution in [3.63, 3.8) is 0 Å². The van der Waals surface area contributed by atoms with E-state index in [0.717, 1.165) is 6.54 Å². The monoisotopic (exact) mass is 384 g/mol. The van der Waals surface area contributed by atoms with Crippen molar-refractivity contribution in [1.29, 1.82) is 0 Å². The van der Waals surface area contributed by atoms with Gasteiger partial charge in [-0.1, -0.05) is 53.7 Å². The number of nitrogens with zero attached hydrogens (tertiary/aromatic N) is 1. The molecule has 0 aromatic heterocycles. The van der Waals surface area contributed by atoms with Gasteiger partial charge in [0.25, 0.3) is 0 Å². The summed E-state index contributed by atoms with van der Waals surface area (Å²) in [6, 6.07) is 0. The summed E-state index contributed by atoms with van der Waals surface area (Å²) in [6.45, 7) is 14.9. The van der Waals surface area contributed by atoms with Crippen LogP contribution in [0.1, 0.15) is 41.5 Å². The molecule has 1 nitrogen and oxygen atoms in total. The van der Waals surface area contributed by atoms with E-state index < -0.39 is 0 Å². The fourth-order valence-electron chi connectivity index (χ4n) is 2.07. The van der Waals surface area contributed by atoms with E-state index in [9.17, 15) is 0 Å². The third-order valence-electron chi connectivity index (χ3n) is 3.33. The second kappa shape index (κ2) is 8.39. The number of hydrogen-bond donors (Lipinski definition) is 0. The van der Waals surface area contributed by atoms with E-state index in [1.54, 1.807) is 0 Å². The summed E-state index contributed by atoms with van der Waals surface area (Å²) < 4.78 is 0. The molecule has 0 fully saturated rings. The molecule has 113 valence electrons. The van der Waals surface area contributed by atoms with Crippen LogP contribution in [0.25, 0.3) is 0 Å². The minimum absolute atomic E-state index is 0.121. The van der Waals surface area contributed by atoms with E-state index in [2.05, 4.69) is 110 Å². The molecule has 0 radical (unpaired) electrons. The van der Waals surface area contributed by atoms with Crippen LogP contribution < -0.4 is 0 Å². The number of rotatable bonds is 3. The first kappa shape index (κ1) is 21.4. The molecule has 0 aromatic carbocycles. The van der Waals surface area contributed by atoms with Crippen molar-refractivity contribution in [2.45, 2.75) is 46.7 Å². The van der Waals surface area contributed by atoms with Gasteiger partial charge in [-0.25, -0.2) is 0 Å². The van der Waals surface area contributed by atoms with Gasteiger partial charge in [0.1, 0.15) is 0 Å². The van der Waals surface area contributed by atoms with Gasteiger partial charge in [0.15, 0.2) is 0 Å². The summed E-state index contributed by atoms with van der Waals surface area (Å²) in [5.74, 6) is 0. The van der Waals surface area contributed by atoms with Crippen LogP contribution in [0.5, 0.6) is 0 Å². The van der Waals surface area contributed by atoms with Gasteiger partial charge < -0.3 is 4.90 Å². The molecule has 0 aliphatic carbocycles. The van der Waals surface area contributed by atoms with Crippen LogP contribution in [-0.4, -0.2) is 30.7 Å². The Morgan fingerprint density at radius 2 is 1.33 bits per heavy atom. The molecule has 0 rings (SSSR count). The molecule has 0 N–H and O–H groups in total. The molecular formula is C14H30ClNPPd.